The first-order valence-corrected chi connectivity index (χ1v) is 10.7. The fraction of sp³-hybridized carbons (Fsp3) is 0.391. The quantitative estimate of drug-likeness (QED) is 0.583. The van der Waals surface area contributed by atoms with Gasteiger partial charge in [0.25, 0.3) is 5.91 Å². The van der Waals surface area contributed by atoms with Crippen molar-refractivity contribution in [2.45, 2.75) is 52.7 Å². The normalized spacial score (nSPS) is 12.7. The highest BCUT2D eigenvalue weighted by atomic mass is 35.5. The average Bonchev–Trinajstić information content (AvgIpc) is 2.72. The molecule has 0 aromatic heterocycles. The Labute approximate surface area is 188 Å². The highest BCUT2D eigenvalue weighted by molar-refractivity contribution is 6.36. The maximum Gasteiger partial charge on any atom is 0.261 e. The summed E-state index contributed by atoms with van der Waals surface area (Å²) in [6.45, 7) is 7.40. The molecule has 0 bridgehead atoms. The lowest BCUT2D eigenvalue weighted by Gasteiger charge is -2.30. The van der Waals surface area contributed by atoms with Crippen molar-refractivity contribution >= 4 is 35.0 Å². The van der Waals surface area contributed by atoms with Gasteiger partial charge in [-0.15, -0.1) is 0 Å². The molecule has 0 spiro atoms. The van der Waals surface area contributed by atoms with E-state index in [1.807, 2.05) is 39.0 Å². The second kappa shape index (κ2) is 11.2. The molecule has 0 saturated heterocycles. The number of rotatable bonds is 9. The van der Waals surface area contributed by atoms with E-state index in [0.717, 1.165) is 12.0 Å². The Morgan fingerprint density at radius 3 is 2.30 bits per heavy atom. The summed E-state index contributed by atoms with van der Waals surface area (Å²) in [7, 11) is 0. The van der Waals surface area contributed by atoms with E-state index >= 15 is 0 Å². The van der Waals surface area contributed by atoms with Crippen LogP contribution in [0.1, 0.15) is 38.3 Å². The van der Waals surface area contributed by atoms with Gasteiger partial charge in [0.2, 0.25) is 5.91 Å². The summed E-state index contributed by atoms with van der Waals surface area (Å²) in [5, 5.41) is 3.80. The van der Waals surface area contributed by atoms with E-state index < -0.39 is 6.04 Å². The number of para-hydroxylation sites is 1. The molecule has 0 unspecified atom stereocenters. The van der Waals surface area contributed by atoms with Gasteiger partial charge < -0.3 is 15.0 Å². The van der Waals surface area contributed by atoms with E-state index in [0.29, 0.717) is 21.4 Å². The molecule has 2 atom stereocenters. The number of carbonyl (C=O) groups excluding carboxylic acids is 2. The average molecular weight is 451 g/mol. The zero-order chi connectivity index (χ0) is 22.3. The molecule has 0 fully saturated rings. The Bertz CT molecular complexity index is 868. The zero-order valence-electron chi connectivity index (χ0n) is 17.7. The number of ether oxygens (including phenoxy) is 1. The molecule has 0 aliphatic carbocycles. The second-order valence-corrected chi connectivity index (χ2v) is 8.08. The van der Waals surface area contributed by atoms with Crippen molar-refractivity contribution in [2.75, 3.05) is 6.61 Å². The molecule has 30 heavy (non-hydrogen) atoms. The van der Waals surface area contributed by atoms with Gasteiger partial charge in [0.1, 0.15) is 11.8 Å². The van der Waals surface area contributed by atoms with Crippen LogP contribution in [0.15, 0.2) is 42.5 Å². The van der Waals surface area contributed by atoms with Crippen molar-refractivity contribution in [3.63, 3.8) is 0 Å². The lowest BCUT2D eigenvalue weighted by atomic mass is 10.1. The Morgan fingerprint density at radius 2 is 1.70 bits per heavy atom. The van der Waals surface area contributed by atoms with E-state index in [9.17, 15) is 9.59 Å². The number of nitrogens with zero attached hydrogens (tertiary/aromatic N) is 1. The molecule has 7 heteroatoms. The highest BCUT2D eigenvalue weighted by Crippen LogP contribution is 2.27. The zero-order valence-corrected chi connectivity index (χ0v) is 19.3. The number of nitrogens with one attached hydrogen (secondary N) is 1. The van der Waals surface area contributed by atoms with Crippen LogP contribution in [0.5, 0.6) is 5.75 Å². The number of aryl methyl sites for hydroxylation is 1. The van der Waals surface area contributed by atoms with Crippen LogP contribution in [0.2, 0.25) is 10.0 Å². The second-order valence-electron chi connectivity index (χ2n) is 7.27. The Kier molecular flexibility index (Phi) is 9.00. The van der Waals surface area contributed by atoms with Gasteiger partial charge in [-0.25, -0.2) is 0 Å². The Balaban J connectivity index is 2.24. The third-order valence-electron chi connectivity index (χ3n) is 5.00. The smallest absolute Gasteiger partial charge is 0.261 e. The summed E-state index contributed by atoms with van der Waals surface area (Å²) < 4.78 is 5.72. The molecule has 0 aliphatic heterocycles. The molecule has 1 N–H and O–H groups in total. The third kappa shape index (κ3) is 6.38. The maximum atomic E-state index is 13.1. The monoisotopic (exact) mass is 450 g/mol. The molecule has 2 amide bonds. The standard InChI is InChI=1S/C23H28Cl2N2O3/c1-5-16(3)26-23(29)17(4)27(13-18-19(24)10-8-11-20(18)25)22(28)14-30-21-12-7-6-9-15(21)2/h6-12,16-17H,5,13-14H2,1-4H3,(H,26,29)/t16-,17+/m0/s1. The summed E-state index contributed by atoms with van der Waals surface area (Å²) in [6, 6.07) is 11.9. The summed E-state index contributed by atoms with van der Waals surface area (Å²) in [5.41, 5.74) is 1.52. The summed E-state index contributed by atoms with van der Waals surface area (Å²) >= 11 is 12.6. The fourth-order valence-electron chi connectivity index (χ4n) is 2.84. The van der Waals surface area contributed by atoms with Crippen LogP contribution >= 0.6 is 23.2 Å². The van der Waals surface area contributed by atoms with Gasteiger partial charge in [0, 0.05) is 28.2 Å². The van der Waals surface area contributed by atoms with Crippen molar-refractivity contribution in [1.82, 2.24) is 10.2 Å². The van der Waals surface area contributed by atoms with E-state index in [1.165, 1.54) is 4.90 Å². The van der Waals surface area contributed by atoms with Crippen LogP contribution in [-0.4, -0.2) is 35.4 Å². The first kappa shape index (κ1) is 24.0. The van der Waals surface area contributed by atoms with Gasteiger partial charge in [-0.05, 0) is 51.0 Å². The first-order valence-electron chi connectivity index (χ1n) is 9.95. The number of carbonyl (C=O) groups is 2. The molecular weight excluding hydrogens is 423 g/mol. The lowest BCUT2D eigenvalue weighted by molar-refractivity contribution is -0.142. The van der Waals surface area contributed by atoms with E-state index in [2.05, 4.69) is 5.32 Å². The Morgan fingerprint density at radius 1 is 1.07 bits per heavy atom. The number of hydrogen-bond acceptors (Lipinski definition) is 3. The van der Waals surface area contributed by atoms with Crippen molar-refractivity contribution in [1.29, 1.82) is 0 Å². The van der Waals surface area contributed by atoms with Gasteiger partial charge in [0.15, 0.2) is 6.61 Å². The summed E-state index contributed by atoms with van der Waals surface area (Å²) in [4.78, 5) is 27.3. The van der Waals surface area contributed by atoms with Gasteiger partial charge in [-0.1, -0.05) is 54.4 Å². The molecule has 2 aromatic rings. The molecule has 5 nitrogen and oxygen atoms in total. The van der Waals surface area contributed by atoms with Crippen LogP contribution in [0, 0.1) is 6.92 Å². The first-order chi connectivity index (χ1) is 14.2. The summed E-state index contributed by atoms with van der Waals surface area (Å²) in [6.07, 6.45) is 0.791. The lowest BCUT2D eigenvalue weighted by Crippen LogP contribution is -2.50. The number of hydrogen-bond donors (Lipinski definition) is 1. The van der Waals surface area contributed by atoms with Gasteiger partial charge in [-0.2, -0.15) is 0 Å². The van der Waals surface area contributed by atoms with Crippen LogP contribution in [0.3, 0.4) is 0 Å². The highest BCUT2D eigenvalue weighted by Gasteiger charge is 2.28. The number of benzene rings is 2. The van der Waals surface area contributed by atoms with Crippen LogP contribution in [0.4, 0.5) is 0 Å². The Hall–Kier alpha value is -2.24. The molecular formula is C23H28Cl2N2O3. The number of amides is 2. The molecule has 0 aliphatic rings. The minimum Gasteiger partial charge on any atom is -0.484 e. The van der Waals surface area contributed by atoms with Crippen molar-refractivity contribution in [2.24, 2.45) is 0 Å². The predicted octanol–water partition coefficient (Wildman–Crippen LogP) is 5.01. The van der Waals surface area contributed by atoms with Crippen LogP contribution in [0.25, 0.3) is 0 Å². The van der Waals surface area contributed by atoms with Crippen LogP contribution < -0.4 is 10.1 Å². The maximum absolute atomic E-state index is 13.1. The van der Waals surface area contributed by atoms with Crippen molar-refractivity contribution in [3.05, 3.63) is 63.6 Å². The largest absolute Gasteiger partial charge is 0.484 e. The van der Waals surface area contributed by atoms with Gasteiger partial charge in [-0.3, -0.25) is 9.59 Å². The van der Waals surface area contributed by atoms with Gasteiger partial charge in [0.05, 0.1) is 0 Å². The van der Waals surface area contributed by atoms with Crippen molar-refractivity contribution in [3.8, 4) is 5.75 Å². The molecule has 162 valence electrons. The fourth-order valence-corrected chi connectivity index (χ4v) is 3.36. The minimum absolute atomic E-state index is 0.00372. The van der Waals surface area contributed by atoms with E-state index in [4.69, 9.17) is 27.9 Å². The third-order valence-corrected chi connectivity index (χ3v) is 5.71. The SMILES string of the molecule is CC[C@H](C)NC(=O)[C@@H](C)N(Cc1c(Cl)cccc1Cl)C(=O)COc1ccccc1C. The molecule has 0 radical (unpaired) electrons. The summed E-state index contributed by atoms with van der Waals surface area (Å²) in [5.74, 6) is 0.0519. The van der Waals surface area contributed by atoms with E-state index in [1.54, 1.807) is 31.2 Å². The van der Waals surface area contributed by atoms with Crippen LogP contribution in [-0.2, 0) is 16.1 Å². The van der Waals surface area contributed by atoms with E-state index in [-0.39, 0.29) is 31.0 Å². The predicted molar refractivity (Wildman–Crippen MR) is 121 cm³/mol. The topological polar surface area (TPSA) is 58.6 Å². The molecule has 2 aromatic carbocycles. The number of halogens is 2. The molecule has 2 rings (SSSR count). The van der Waals surface area contributed by atoms with Gasteiger partial charge >= 0.3 is 0 Å². The van der Waals surface area contributed by atoms with Crippen molar-refractivity contribution < 1.29 is 14.3 Å². The molecule has 0 saturated carbocycles. The minimum atomic E-state index is -0.723. The molecule has 0 heterocycles.